The number of carbonyl (C=O) groups is 1. The molecule has 0 aromatic heterocycles. The van der Waals surface area contributed by atoms with E-state index < -0.39 is 0 Å². The highest BCUT2D eigenvalue weighted by atomic mass is 16.5. The van der Waals surface area contributed by atoms with Crippen molar-refractivity contribution in [3.05, 3.63) is 65.2 Å². The van der Waals surface area contributed by atoms with Gasteiger partial charge in [0, 0.05) is 19.2 Å². The smallest absolute Gasteiger partial charge is 0.253 e. The van der Waals surface area contributed by atoms with Crippen molar-refractivity contribution >= 4 is 5.91 Å². The summed E-state index contributed by atoms with van der Waals surface area (Å²) in [7, 11) is 3.63. The molecule has 0 saturated heterocycles. The lowest BCUT2D eigenvalue weighted by Gasteiger charge is -2.26. The van der Waals surface area contributed by atoms with Gasteiger partial charge in [0.05, 0.1) is 7.11 Å². The lowest BCUT2D eigenvalue weighted by molar-refractivity contribution is 0.0793. The zero-order valence-corrected chi connectivity index (χ0v) is 16.4. The number of rotatable bonds is 8. The second-order valence-electron chi connectivity index (χ2n) is 7.36. The molecule has 27 heavy (non-hydrogen) atoms. The molecule has 0 spiro atoms. The van der Waals surface area contributed by atoms with Crippen molar-refractivity contribution in [2.24, 2.45) is 5.92 Å². The summed E-state index contributed by atoms with van der Waals surface area (Å²) in [4.78, 5) is 14.1. The Morgan fingerprint density at radius 1 is 1.19 bits per heavy atom. The Hall–Kier alpha value is -2.33. The summed E-state index contributed by atoms with van der Waals surface area (Å²) in [5, 5.41) is 3.58. The van der Waals surface area contributed by atoms with E-state index >= 15 is 0 Å². The van der Waals surface area contributed by atoms with E-state index in [1.165, 1.54) is 17.5 Å². The maximum Gasteiger partial charge on any atom is 0.253 e. The molecule has 2 aromatic carbocycles. The zero-order valence-electron chi connectivity index (χ0n) is 16.4. The van der Waals surface area contributed by atoms with Crippen molar-refractivity contribution in [3.63, 3.8) is 0 Å². The topological polar surface area (TPSA) is 41.6 Å². The maximum absolute atomic E-state index is 12.3. The van der Waals surface area contributed by atoms with E-state index in [-0.39, 0.29) is 5.91 Å². The number of ether oxygens (including phenoxy) is 1. The van der Waals surface area contributed by atoms with Gasteiger partial charge in [-0.1, -0.05) is 30.3 Å². The van der Waals surface area contributed by atoms with Crippen LogP contribution in [0.1, 0.15) is 34.3 Å². The summed E-state index contributed by atoms with van der Waals surface area (Å²) in [6.45, 7) is 2.72. The molecule has 0 fully saturated rings. The number of hydrogen-bond acceptors (Lipinski definition) is 3. The average molecular weight is 367 g/mol. The number of benzene rings is 2. The van der Waals surface area contributed by atoms with Crippen LogP contribution in [0, 0.1) is 5.92 Å². The van der Waals surface area contributed by atoms with Crippen molar-refractivity contribution in [3.8, 4) is 5.75 Å². The highest BCUT2D eigenvalue weighted by Gasteiger charge is 2.21. The van der Waals surface area contributed by atoms with E-state index in [9.17, 15) is 4.79 Å². The largest absolute Gasteiger partial charge is 0.496 e. The standard InChI is InChI=1S/C23H30N2O2/c1-25(23(26)20-8-4-3-5-9-20)15-7-14-24-17-18-12-13-19-10-6-11-22(27-2)21(19)16-18/h3-6,8-11,18,24H,7,12-17H2,1-2H3. The molecule has 0 saturated carbocycles. The van der Waals surface area contributed by atoms with Crippen LogP contribution in [0.2, 0.25) is 0 Å². The first-order chi connectivity index (χ1) is 13.2. The van der Waals surface area contributed by atoms with Gasteiger partial charge in [0.15, 0.2) is 0 Å². The summed E-state index contributed by atoms with van der Waals surface area (Å²) < 4.78 is 5.53. The van der Waals surface area contributed by atoms with Gasteiger partial charge in [-0.3, -0.25) is 4.79 Å². The van der Waals surface area contributed by atoms with Gasteiger partial charge in [0.1, 0.15) is 5.75 Å². The van der Waals surface area contributed by atoms with Crippen molar-refractivity contribution in [2.75, 3.05) is 33.8 Å². The monoisotopic (exact) mass is 366 g/mol. The third kappa shape index (κ3) is 5.10. The van der Waals surface area contributed by atoms with Crippen LogP contribution < -0.4 is 10.1 Å². The van der Waals surface area contributed by atoms with Gasteiger partial charge in [-0.25, -0.2) is 0 Å². The van der Waals surface area contributed by atoms with Crippen molar-refractivity contribution in [1.29, 1.82) is 0 Å². The molecule has 0 radical (unpaired) electrons. The Balaban J connectivity index is 1.38. The molecule has 4 heteroatoms. The molecule has 0 heterocycles. The van der Waals surface area contributed by atoms with E-state index in [0.29, 0.717) is 5.92 Å². The first-order valence-electron chi connectivity index (χ1n) is 9.85. The Bertz CT molecular complexity index is 731. The molecule has 1 atom stereocenters. The van der Waals surface area contributed by atoms with Gasteiger partial charge >= 0.3 is 0 Å². The molecule has 1 amide bonds. The fourth-order valence-electron chi connectivity index (χ4n) is 3.84. The quantitative estimate of drug-likeness (QED) is 0.727. The molecule has 2 aromatic rings. The van der Waals surface area contributed by atoms with Crippen molar-refractivity contribution in [2.45, 2.75) is 25.7 Å². The summed E-state index contributed by atoms with van der Waals surface area (Å²) >= 11 is 0. The van der Waals surface area contributed by atoms with E-state index in [1.54, 1.807) is 12.0 Å². The Kier molecular flexibility index (Phi) is 6.88. The fourth-order valence-corrected chi connectivity index (χ4v) is 3.84. The Morgan fingerprint density at radius 2 is 2.00 bits per heavy atom. The summed E-state index contributed by atoms with van der Waals surface area (Å²) in [6, 6.07) is 15.8. The molecule has 1 aliphatic rings. The van der Waals surface area contributed by atoms with Crippen molar-refractivity contribution in [1.82, 2.24) is 10.2 Å². The lowest BCUT2D eigenvalue weighted by Crippen LogP contribution is -2.32. The number of hydrogen-bond donors (Lipinski definition) is 1. The highest BCUT2D eigenvalue weighted by Crippen LogP contribution is 2.31. The minimum Gasteiger partial charge on any atom is -0.496 e. The second kappa shape index (κ2) is 9.56. The summed E-state index contributed by atoms with van der Waals surface area (Å²) in [5.74, 6) is 1.77. The molecule has 1 aliphatic carbocycles. The Morgan fingerprint density at radius 3 is 2.78 bits per heavy atom. The third-order valence-corrected chi connectivity index (χ3v) is 5.41. The zero-order chi connectivity index (χ0) is 19.1. The number of nitrogens with one attached hydrogen (secondary N) is 1. The first kappa shape index (κ1) is 19.4. The van der Waals surface area contributed by atoms with Gasteiger partial charge in [-0.05, 0) is 74.0 Å². The summed E-state index contributed by atoms with van der Waals surface area (Å²) in [5.41, 5.74) is 3.57. The third-order valence-electron chi connectivity index (χ3n) is 5.41. The van der Waals surface area contributed by atoms with Crippen molar-refractivity contribution < 1.29 is 9.53 Å². The van der Waals surface area contributed by atoms with E-state index in [1.807, 2.05) is 37.4 Å². The van der Waals surface area contributed by atoms with Crippen LogP contribution in [0.3, 0.4) is 0 Å². The predicted octanol–water partition coefficient (Wildman–Crippen LogP) is 3.55. The van der Waals surface area contributed by atoms with E-state index in [4.69, 9.17) is 4.74 Å². The molecular formula is C23H30N2O2. The highest BCUT2D eigenvalue weighted by molar-refractivity contribution is 5.93. The number of nitrogens with zero attached hydrogens (tertiary/aromatic N) is 1. The van der Waals surface area contributed by atoms with Gasteiger partial charge in [-0.15, -0.1) is 0 Å². The molecule has 0 bridgehead atoms. The molecular weight excluding hydrogens is 336 g/mol. The van der Waals surface area contributed by atoms with Gasteiger partial charge in [0.25, 0.3) is 5.91 Å². The predicted molar refractivity (Wildman–Crippen MR) is 109 cm³/mol. The SMILES string of the molecule is COc1cccc2c1CC(CNCCCN(C)C(=O)c1ccccc1)CC2. The Labute approximate surface area is 162 Å². The fraction of sp³-hybridized carbons (Fsp3) is 0.435. The number of carbonyl (C=O) groups excluding carboxylic acids is 1. The van der Waals surface area contributed by atoms with Gasteiger partial charge < -0.3 is 15.0 Å². The van der Waals surface area contributed by atoms with Crippen LogP contribution in [-0.2, 0) is 12.8 Å². The van der Waals surface area contributed by atoms with Gasteiger partial charge in [0.2, 0.25) is 0 Å². The van der Waals surface area contributed by atoms with Crippen LogP contribution in [0.5, 0.6) is 5.75 Å². The minimum atomic E-state index is 0.0894. The maximum atomic E-state index is 12.3. The van der Waals surface area contributed by atoms with E-state index in [0.717, 1.165) is 50.2 Å². The lowest BCUT2D eigenvalue weighted by atomic mass is 9.83. The van der Waals surface area contributed by atoms with Crippen LogP contribution in [0.25, 0.3) is 0 Å². The number of methoxy groups -OCH3 is 1. The molecule has 1 N–H and O–H groups in total. The average Bonchev–Trinajstić information content (AvgIpc) is 2.72. The van der Waals surface area contributed by atoms with Crippen LogP contribution >= 0.6 is 0 Å². The van der Waals surface area contributed by atoms with Crippen LogP contribution in [0.15, 0.2) is 48.5 Å². The number of amides is 1. The first-order valence-corrected chi connectivity index (χ1v) is 9.85. The molecule has 4 nitrogen and oxygen atoms in total. The second-order valence-corrected chi connectivity index (χ2v) is 7.36. The minimum absolute atomic E-state index is 0.0894. The molecule has 3 rings (SSSR count). The summed E-state index contributed by atoms with van der Waals surface area (Å²) in [6.07, 6.45) is 4.40. The molecule has 0 aliphatic heterocycles. The number of fused-ring (bicyclic) bond motifs is 1. The molecule has 1 unspecified atom stereocenters. The molecule has 144 valence electrons. The normalized spacial score (nSPS) is 15.9. The van der Waals surface area contributed by atoms with Gasteiger partial charge in [-0.2, -0.15) is 0 Å². The number of aryl methyl sites for hydroxylation is 1. The van der Waals surface area contributed by atoms with Crippen LogP contribution in [-0.4, -0.2) is 44.6 Å². The van der Waals surface area contributed by atoms with Crippen LogP contribution in [0.4, 0.5) is 0 Å². The van der Waals surface area contributed by atoms with E-state index in [2.05, 4.69) is 23.5 Å².